The first-order valence-electron chi connectivity index (χ1n) is 6.63. The fourth-order valence-corrected chi connectivity index (χ4v) is 2.55. The first kappa shape index (κ1) is 14.1. The normalized spacial score (nSPS) is 30.2. The van der Waals surface area contributed by atoms with Gasteiger partial charge in [-0.2, -0.15) is 0 Å². The number of benzene rings is 1. The zero-order valence-electron chi connectivity index (χ0n) is 11.2. The summed E-state index contributed by atoms with van der Waals surface area (Å²) in [5.41, 5.74) is 0.524. The van der Waals surface area contributed by atoms with Crippen LogP contribution in [0.4, 0.5) is 0 Å². The molecule has 0 saturated carbocycles. The van der Waals surface area contributed by atoms with Crippen molar-refractivity contribution in [3.05, 3.63) is 35.9 Å². The molecule has 1 aromatic rings. The predicted octanol–water partition coefficient (Wildman–Crippen LogP) is 2.13. The Morgan fingerprint density at radius 2 is 2.21 bits per heavy atom. The molecule has 1 aromatic carbocycles. The van der Waals surface area contributed by atoms with Gasteiger partial charge in [0.1, 0.15) is 17.8 Å². The number of hydrogen-bond donors (Lipinski definition) is 1. The smallest absolute Gasteiger partial charge is 0.116 e. The van der Waals surface area contributed by atoms with Crippen LogP contribution in [0.5, 0.6) is 0 Å². The van der Waals surface area contributed by atoms with Crippen molar-refractivity contribution in [2.24, 2.45) is 0 Å². The number of rotatable bonds is 5. The van der Waals surface area contributed by atoms with Crippen LogP contribution >= 0.6 is 0 Å². The lowest BCUT2D eigenvalue weighted by molar-refractivity contribution is -0.103. The lowest BCUT2D eigenvalue weighted by Crippen LogP contribution is -2.44. The summed E-state index contributed by atoms with van der Waals surface area (Å²) in [6, 6.07) is 9.89. The molecule has 0 aliphatic carbocycles. The molecule has 1 heterocycles. The third-order valence-electron chi connectivity index (χ3n) is 3.68. The van der Waals surface area contributed by atoms with E-state index in [-0.39, 0.29) is 12.7 Å². The Morgan fingerprint density at radius 1 is 1.47 bits per heavy atom. The maximum Gasteiger partial charge on any atom is 0.116 e. The third-order valence-corrected chi connectivity index (χ3v) is 3.68. The zero-order chi connectivity index (χ0) is 13.7. The van der Waals surface area contributed by atoms with E-state index < -0.39 is 11.7 Å². The molecule has 19 heavy (non-hydrogen) atoms. The molecule has 3 heteroatoms. The average molecular weight is 260 g/mol. The van der Waals surface area contributed by atoms with Gasteiger partial charge in [0.2, 0.25) is 0 Å². The van der Waals surface area contributed by atoms with Crippen LogP contribution in [0.2, 0.25) is 0 Å². The Bertz CT molecular complexity index is 437. The molecule has 1 aliphatic rings. The zero-order valence-corrected chi connectivity index (χ0v) is 11.2. The number of aliphatic hydroxyl groups excluding tert-OH is 1. The minimum Gasteiger partial charge on any atom is -0.388 e. The van der Waals surface area contributed by atoms with E-state index in [0.29, 0.717) is 13.0 Å². The lowest BCUT2D eigenvalue weighted by atomic mass is 9.89. The van der Waals surface area contributed by atoms with E-state index in [1.807, 2.05) is 37.3 Å². The Morgan fingerprint density at radius 3 is 2.84 bits per heavy atom. The highest BCUT2D eigenvalue weighted by molar-refractivity contribution is 5.14. The van der Waals surface area contributed by atoms with E-state index in [4.69, 9.17) is 15.9 Å². The van der Waals surface area contributed by atoms with E-state index >= 15 is 0 Å². The summed E-state index contributed by atoms with van der Waals surface area (Å²) in [7, 11) is 0. The van der Waals surface area contributed by atoms with E-state index in [2.05, 4.69) is 5.92 Å². The van der Waals surface area contributed by atoms with Crippen molar-refractivity contribution >= 4 is 0 Å². The number of terminal acetylenes is 1. The highest BCUT2D eigenvalue weighted by atomic mass is 16.6. The van der Waals surface area contributed by atoms with Crippen molar-refractivity contribution in [1.29, 1.82) is 0 Å². The van der Waals surface area contributed by atoms with E-state index in [0.717, 1.165) is 12.0 Å². The largest absolute Gasteiger partial charge is 0.388 e. The molecule has 3 nitrogen and oxygen atoms in total. The molecule has 2 rings (SSSR count). The number of ether oxygens (including phenoxy) is 2. The third kappa shape index (κ3) is 2.98. The van der Waals surface area contributed by atoms with Gasteiger partial charge >= 0.3 is 0 Å². The van der Waals surface area contributed by atoms with E-state index in [1.54, 1.807) is 0 Å². The van der Waals surface area contributed by atoms with Crippen LogP contribution in [-0.4, -0.2) is 29.5 Å². The fraction of sp³-hybridized carbons (Fsp3) is 0.500. The molecule has 0 bridgehead atoms. The predicted molar refractivity (Wildman–Crippen MR) is 73.4 cm³/mol. The monoisotopic (exact) mass is 260 g/mol. The quantitative estimate of drug-likeness (QED) is 0.824. The Kier molecular flexibility index (Phi) is 4.60. The first-order chi connectivity index (χ1) is 9.22. The standard InChI is InChI=1S/C16H20O3/c1-3-10-16(4-2)15(14(17)12-19-16)18-11-13-8-6-5-7-9-13/h1,5-9,14-15,17H,4,10-12H2,2H3/t14-,15-,16-/m0/s1. The summed E-state index contributed by atoms with van der Waals surface area (Å²) >= 11 is 0. The van der Waals surface area contributed by atoms with Crippen LogP contribution < -0.4 is 0 Å². The van der Waals surface area contributed by atoms with Crippen LogP contribution in [0.15, 0.2) is 30.3 Å². The summed E-state index contributed by atoms with van der Waals surface area (Å²) in [5, 5.41) is 10.0. The number of hydrogen-bond acceptors (Lipinski definition) is 3. The minimum absolute atomic E-state index is 0.287. The van der Waals surface area contributed by atoms with Crippen molar-refractivity contribution < 1.29 is 14.6 Å². The Labute approximate surface area is 114 Å². The second-order valence-electron chi connectivity index (χ2n) is 4.89. The molecule has 0 radical (unpaired) electrons. The molecular weight excluding hydrogens is 240 g/mol. The molecule has 3 atom stereocenters. The summed E-state index contributed by atoms with van der Waals surface area (Å²) in [6.07, 6.45) is 5.62. The highest BCUT2D eigenvalue weighted by Gasteiger charge is 2.48. The molecule has 0 aromatic heterocycles. The fourth-order valence-electron chi connectivity index (χ4n) is 2.55. The molecule has 102 valence electrons. The maximum absolute atomic E-state index is 10.0. The van der Waals surface area contributed by atoms with Gasteiger partial charge in [-0.3, -0.25) is 0 Å². The van der Waals surface area contributed by atoms with Gasteiger partial charge in [0.25, 0.3) is 0 Å². The maximum atomic E-state index is 10.0. The molecule has 0 amide bonds. The van der Waals surface area contributed by atoms with Gasteiger partial charge in [0.15, 0.2) is 0 Å². The molecule has 1 aliphatic heterocycles. The summed E-state index contributed by atoms with van der Waals surface area (Å²) in [6.45, 7) is 2.75. The van der Waals surface area contributed by atoms with Gasteiger partial charge in [-0.25, -0.2) is 0 Å². The van der Waals surface area contributed by atoms with Crippen LogP contribution in [0.3, 0.4) is 0 Å². The molecule has 1 N–H and O–H groups in total. The van der Waals surface area contributed by atoms with Crippen LogP contribution in [0.1, 0.15) is 25.3 Å². The average Bonchev–Trinajstić information content (AvgIpc) is 2.75. The minimum atomic E-state index is -0.614. The Balaban J connectivity index is 2.06. The summed E-state index contributed by atoms with van der Waals surface area (Å²) < 4.78 is 11.6. The van der Waals surface area contributed by atoms with Gasteiger partial charge in [-0.15, -0.1) is 12.3 Å². The number of aliphatic hydroxyl groups is 1. The van der Waals surface area contributed by atoms with Gasteiger partial charge in [-0.05, 0) is 12.0 Å². The molecule has 0 unspecified atom stereocenters. The van der Waals surface area contributed by atoms with Gasteiger partial charge in [-0.1, -0.05) is 37.3 Å². The van der Waals surface area contributed by atoms with Gasteiger partial charge in [0.05, 0.1) is 13.2 Å². The molecule has 0 spiro atoms. The van der Waals surface area contributed by atoms with Crippen LogP contribution in [-0.2, 0) is 16.1 Å². The molecular formula is C16H20O3. The van der Waals surface area contributed by atoms with Crippen molar-refractivity contribution in [3.63, 3.8) is 0 Å². The SMILES string of the molecule is C#CC[C@]1(CC)OC[C@H](O)[C@@H]1OCc1ccccc1. The summed E-state index contributed by atoms with van der Waals surface area (Å²) in [5.74, 6) is 2.63. The van der Waals surface area contributed by atoms with E-state index in [9.17, 15) is 5.11 Å². The summed E-state index contributed by atoms with van der Waals surface area (Å²) in [4.78, 5) is 0. The highest BCUT2D eigenvalue weighted by Crippen LogP contribution is 2.35. The second kappa shape index (κ2) is 6.21. The van der Waals surface area contributed by atoms with Crippen molar-refractivity contribution in [1.82, 2.24) is 0 Å². The molecule has 1 fully saturated rings. The van der Waals surface area contributed by atoms with Gasteiger partial charge in [0, 0.05) is 6.42 Å². The van der Waals surface area contributed by atoms with Crippen LogP contribution in [0, 0.1) is 12.3 Å². The topological polar surface area (TPSA) is 38.7 Å². The van der Waals surface area contributed by atoms with Crippen molar-refractivity contribution in [3.8, 4) is 12.3 Å². The van der Waals surface area contributed by atoms with E-state index in [1.165, 1.54) is 0 Å². The lowest BCUT2D eigenvalue weighted by Gasteiger charge is -2.32. The van der Waals surface area contributed by atoms with Crippen molar-refractivity contribution in [2.45, 2.75) is 44.2 Å². The van der Waals surface area contributed by atoms with Crippen molar-refractivity contribution in [2.75, 3.05) is 6.61 Å². The van der Waals surface area contributed by atoms with Gasteiger partial charge < -0.3 is 14.6 Å². The Hall–Kier alpha value is -1.34. The first-order valence-corrected chi connectivity index (χ1v) is 6.63. The molecule has 1 saturated heterocycles. The second-order valence-corrected chi connectivity index (χ2v) is 4.89. The van der Waals surface area contributed by atoms with Crippen LogP contribution in [0.25, 0.3) is 0 Å².